The number of likely N-dealkylation sites (tertiary alicyclic amines) is 1. The second kappa shape index (κ2) is 9.73. The van der Waals surface area contributed by atoms with Gasteiger partial charge in [0.05, 0.1) is 23.7 Å². The van der Waals surface area contributed by atoms with Crippen molar-refractivity contribution in [1.29, 1.82) is 0 Å². The van der Waals surface area contributed by atoms with E-state index in [1.54, 1.807) is 23.9 Å². The predicted octanol–water partition coefficient (Wildman–Crippen LogP) is 4.71. The van der Waals surface area contributed by atoms with Gasteiger partial charge in [0.25, 0.3) is 0 Å². The molecule has 3 atom stereocenters. The maximum atomic E-state index is 14.4. The van der Waals surface area contributed by atoms with E-state index in [0.29, 0.717) is 35.6 Å². The summed E-state index contributed by atoms with van der Waals surface area (Å²) in [5.41, 5.74) is 0.862. The van der Waals surface area contributed by atoms with E-state index in [2.05, 4.69) is 20.7 Å². The second-order valence-electron chi connectivity index (χ2n) is 9.60. The number of carbonyl (C=O) groups excluding carboxylic acids is 2. The molecule has 3 aromatic rings. The number of aromatic nitrogens is 3. The first-order chi connectivity index (χ1) is 18.0. The van der Waals surface area contributed by atoms with Gasteiger partial charge in [0.1, 0.15) is 5.54 Å². The molecule has 13 heteroatoms. The molecule has 2 fully saturated rings. The molecule has 9 nitrogen and oxygen atoms in total. The number of amides is 2. The number of ether oxygens (including phenoxy) is 1. The maximum absolute atomic E-state index is 14.4. The molecule has 202 valence electrons. The van der Waals surface area contributed by atoms with Crippen molar-refractivity contribution in [2.24, 2.45) is 0 Å². The van der Waals surface area contributed by atoms with Gasteiger partial charge >= 0.3 is 6.18 Å². The molecule has 1 aromatic carbocycles. The highest BCUT2D eigenvalue weighted by Crippen LogP contribution is 2.43. The molecule has 0 saturated carbocycles. The van der Waals surface area contributed by atoms with Gasteiger partial charge in [-0.05, 0) is 43.9 Å². The third kappa shape index (κ3) is 4.66. The van der Waals surface area contributed by atoms with E-state index in [1.807, 2.05) is 6.92 Å². The standard InChI is InChI=1S/C25H26ClF3N6O3/c1-14(38-2)21-17(13-30-19-12-18(26)33-35(19)21)31-16-6-4-15(5-7-16)22(25(27,28)29)34-11-3-9-24(23(34)37)10-8-20(36)32-24/h4-7,12-14,22,31H,3,8-11H2,1-2H3,(H,32,36)/t14-,22-,24?/m0/s1. The Morgan fingerprint density at radius 2 is 1.95 bits per heavy atom. The quantitative estimate of drug-likeness (QED) is 0.461. The fourth-order valence-corrected chi connectivity index (χ4v) is 5.49. The summed E-state index contributed by atoms with van der Waals surface area (Å²) in [6.45, 7) is 1.78. The lowest BCUT2D eigenvalue weighted by atomic mass is 9.85. The third-order valence-corrected chi connectivity index (χ3v) is 7.37. The van der Waals surface area contributed by atoms with Crippen molar-refractivity contribution < 1.29 is 27.5 Å². The molecule has 2 amide bonds. The molecule has 2 aliphatic heterocycles. The Bertz CT molecular complexity index is 1380. The van der Waals surface area contributed by atoms with Crippen LogP contribution in [0.25, 0.3) is 5.65 Å². The zero-order valence-corrected chi connectivity index (χ0v) is 21.4. The number of alkyl halides is 3. The Labute approximate surface area is 221 Å². The molecule has 1 spiro atoms. The number of piperidine rings is 1. The summed E-state index contributed by atoms with van der Waals surface area (Å²) in [7, 11) is 1.54. The van der Waals surface area contributed by atoms with Crippen molar-refractivity contribution >= 4 is 40.4 Å². The van der Waals surface area contributed by atoms with E-state index in [4.69, 9.17) is 16.3 Å². The summed E-state index contributed by atoms with van der Waals surface area (Å²) in [4.78, 5) is 30.3. The fourth-order valence-electron chi connectivity index (χ4n) is 5.32. The summed E-state index contributed by atoms with van der Waals surface area (Å²) in [5.74, 6) is -0.999. The zero-order chi connectivity index (χ0) is 27.2. The highest BCUT2D eigenvalue weighted by molar-refractivity contribution is 6.29. The molecule has 0 radical (unpaired) electrons. The first kappa shape index (κ1) is 26.2. The molecule has 2 saturated heterocycles. The summed E-state index contributed by atoms with van der Waals surface area (Å²) in [6, 6.07) is 5.18. The Kier molecular flexibility index (Phi) is 6.72. The van der Waals surface area contributed by atoms with E-state index < -0.39 is 29.8 Å². The molecule has 2 aliphatic rings. The molecule has 2 N–H and O–H groups in total. The number of benzene rings is 1. The summed E-state index contributed by atoms with van der Waals surface area (Å²) >= 11 is 6.05. The first-order valence-electron chi connectivity index (χ1n) is 12.2. The number of hydrogen-bond donors (Lipinski definition) is 2. The number of hydrogen-bond acceptors (Lipinski definition) is 6. The van der Waals surface area contributed by atoms with E-state index in [-0.39, 0.29) is 36.0 Å². The van der Waals surface area contributed by atoms with Gasteiger partial charge in [-0.2, -0.15) is 18.3 Å². The van der Waals surface area contributed by atoms with E-state index in [0.717, 1.165) is 4.90 Å². The van der Waals surface area contributed by atoms with Crippen LogP contribution in [-0.2, 0) is 14.3 Å². The number of rotatable bonds is 6. The lowest BCUT2D eigenvalue weighted by molar-refractivity contribution is -0.197. The predicted molar refractivity (Wildman–Crippen MR) is 133 cm³/mol. The lowest BCUT2D eigenvalue weighted by Crippen LogP contribution is -2.61. The highest BCUT2D eigenvalue weighted by Gasteiger charge is 2.54. The minimum Gasteiger partial charge on any atom is -0.375 e. The van der Waals surface area contributed by atoms with Crippen LogP contribution in [0, 0.1) is 0 Å². The van der Waals surface area contributed by atoms with Gasteiger partial charge in [0, 0.05) is 31.8 Å². The molecule has 1 unspecified atom stereocenters. The second-order valence-corrected chi connectivity index (χ2v) is 9.98. The topological polar surface area (TPSA) is 101 Å². The van der Waals surface area contributed by atoms with Gasteiger partial charge in [0.2, 0.25) is 11.8 Å². The van der Waals surface area contributed by atoms with Crippen LogP contribution in [0.5, 0.6) is 0 Å². The van der Waals surface area contributed by atoms with E-state index in [1.165, 1.54) is 24.3 Å². The number of carbonyl (C=O) groups is 2. The van der Waals surface area contributed by atoms with Crippen molar-refractivity contribution in [3.05, 3.63) is 52.9 Å². The van der Waals surface area contributed by atoms with Crippen LogP contribution in [0.15, 0.2) is 36.5 Å². The third-order valence-electron chi connectivity index (χ3n) is 7.19. The molecular weight excluding hydrogens is 525 g/mol. The molecule has 0 bridgehead atoms. The van der Waals surface area contributed by atoms with Crippen LogP contribution in [0.1, 0.15) is 56.0 Å². The summed E-state index contributed by atoms with van der Waals surface area (Å²) in [6.07, 6.45) is -2.49. The van der Waals surface area contributed by atoms with Gasteiger partial charge in [0.15, 0.2) is 16.8 Å². The van der Waals surface area contributed by atoms with Gasteiger partial charge in [-0.3, -0.25) is 9.59 Å². The van der Waals surface area contributed by atoms with Gasteiger partial charge in [-0.25, -0.2) is 9.50 Å². The number of nitrogens with one attached hydrogen (secondary N) is 2. The van der Waals surface area contributed by atoms with Crippen LogP contribution in [-0.4, -0.2) is 56.7 Å². The maximum Gasteiger partial charge on any atom is 0.413 e. The van der Waals surface area contributed by atoms with Crippen LogP contribution < -0.4 is 10.6 Å². The van der Waals surface area contributed by atoms with E-state index >= 15 is 0 Å². The minimum atomic E-state index is -4.71. The highest BCUT2D eigenvalue weighted by atomic mass is 35.5. The Morgan fingerprint density at radius 1 is 1.21 bits per heavy atom. The minimum absolute atomic E-state index is 0.0446. The average molecular weight is 551 g/mol. The van der Waals surface area contributed by atoms with Crippen molar-refractivity contribution in [3.63, 3.8) is 0 Å². The number of methoxy groups -OCH3 is 1. The van der Waals surface area contributed by atoms with Gasteiger partial charge < -0.3 is 20.3 Å². The van der Waals surface area contributed by atoms with Crippen molar-refractivity contribution in [3.8, 4) is 0 Å². The van der Waals surface area contributed by atoms with Crippen LogP contribution in [0.3, 0.4) is 0 Å². The van der Waals surface area contributed by atoms with E-state index in [9.17, 15) is 22.8 Å². The Morgan fingerprint density at radius 3 is 2.58 bits per heavy atom. The van der Waals surface area contributed by atoms with Crippen LogP contribution >= 0.6 is 11.6 Å². The molecular formula is C25H26ClF3N6O3. The number of anilines is 2. The first-order valence-corrected chi connectivity index (χ1v) is 12.5. The zero-order valence-electron chi connectivity index (χ0n) is 20.7. The van der Waals surface area contributed by atoms with Crippen LogP contribution in [0.2, 0.25) is 5.15 Å². The van der Waals surface area contributed by atoms with Crippen LogP contribution in [0.4, 0.5) is 24.5 Å². The molecule has 38 heavy (non-hydrogen) atoms. The molecule has 5 rings (SSSR count). The number of halogens is 4. The van der Waals surface area contributed by atoms with Gasteiger partial charge in [-0.15, -0.1) is 0 Å². The largest absolute Gasteiger partial charge is 0.413 e. The fraction of sp³-hybridized carbons (Fsp3) is 0.440. The smallest absolute Gasteiger partial charge is 0.375 e. The Balaban J connectivity index is 1.44. The molecule has 2 aromatic heterocycles. The average Bonchev–Trinajstić information content (AvgIpc) is 3.43. The van der Waals surface area contributed by atoms with Crippen molar-refractivity contribution in [2.75, 3.05) is 19.0 Å². The Hall–Kier alpha value is -3.38. The summed E-state index contributed by atoms with van der Waals surface area (Å²) < 4.78 is 50.1. The van der Waals surface area contributed by atoms with Crippen molar-refractivity contribution in [1.82, 2.24) is 24.8 Å². The SMILES string of the molecule is CO[C@@H](C)c1c(Nc2ccc([C@H](N3CCCC4(CCC(=O)N4)C3=O)C(F)(F)F)cc2)cnc2cc(Cl)nn12. The van der Waals surface area contributed by atoms with Gasteiger partial charge in [-0.1, -0.05) is 23.7 Å². The molecule has 4 heterocycles. The number of nitrogens with zero attached hydrogens (tertiary/aromatic N) is 4. The summed E-state index contributed by atoms with van der Waals surface area (Å²) in [5, 5.41) is 10.3. The monoisotopic (exact) mass is 550 g/mol. The van der Waals surface area contributed by atoms with Crippen molar-refractivity contribution in [2.45, 2.75) is 56.5 Å². The normalized spacial score (nSPS) is 21.7. The molecule has 0 aliphatic carbocycles. The number of fused-ring (bicyclic) bond motifs is 1. The lowest BCUT2D eigenvalue weighted by Gasteiger charge is -2.43.